The Balaban J connectivity index is 1.79. The van der Waals surface area contributed by atoms with Crippen molar-refractivity contribution in [3.8, 4) is 5.75 Å². The lowest BCUT2D eigenvalue weighted by Crippen LogP contribution is -2.33. The number of ether oxygens (including phenoxy) is 1. The first-order valence-electron chi connectivity index (χ1n) is 8.57. The van der Waals surface area contributed by atoms with Crippen molar-refractivity contribution < 1.29 is 14.3 Å². The number of rotatable bonds is 7. The van der Waals surface area contributed by atoms with Crippen LogP contribution in [-0.2, 0) is 16.0 Å². The highest BCUT2D eigenvalue weighted by molar-refractivity contribution is 8.04. The fourth-order valence-corrected chi connectivity index (χ4v) is 3.80. The zero-order valence-electron chi connectivity index (χ0n) is 14.9. The van der Waals surface area contributed by atoms with E-state index in [4.69, 9.17) is 4.74 Å². The monoisotopic (exact) mass is 367 g/mol. The van der Waals surface area contributed by atoms with Crippen LogP contribution in [-0.4, -0.2) is 36.1 Å². The topological polar surface area (TPSA) is 46.6 Å². The van der Waals surface area contributed by atoms with E-state index < -0.39 is 0 Å². The maximum atomic E-state index is 12.9. The van der Waals surface area contributed by atoms with Crippen LogP contribution in [0.1, 0.15) is 18.1 Å². The smallest absolute Gasteiger partial charge is 0.267 e. The zero-order chi connectivity index (χ0) is 18.5. The number of carbonyl (C=O) groups excluding carboxylic acids is 2. The van der Waals surface area contributed by atoms with Gasteiger partial charge in [-0.05, 0) is 35.4 Å². The lowest BCUT2D eigenvalue weighted by Gasteiger charge is -2.15. The molecule has 0 saturated heterocycles. The van der Waals surface area contributed by atoms with Crippen molar-refractivity contribution in [2.75, 3.05) is 19.4 Å². The van der Waals surface area contributed by atoms with Gasteiger partial charge in [-0.15, -0.1) is 11.8 Å². The van der Waals surface area contributed by atoms with E-state index in [1.54, 1.807) is 7.11 Å². The van der Waals surface area contributed by atoms with Gasteiger partial charge in [-0.1, -0.05) is 49.4 Å². The van der Waals surface area contributed by atoms with Crippen LogP contribution in [0, 0.1) is 0 Å². The van der Waals surface area contributed by atoms with Crippen LogP contribution >= 0.6 is 11.8 Å². The molecule has 3 rings (SSSR count). The average molecular weight is 367 g/mol. The second kappa shape index (κ2) is 8.23. The number of nitrogens with zero attached hydrogens (tertiary/aromatic N) is 1. The van der Waals surface area contributed by atoms with Gasteiger partial charge in [-0.3, -0.25) is 14.5 Å². The van der Waals surface area contributed by atoms with Gasteiger partial charge in [0.2, 0.25) is 0 Å². The van der Waals surface area contributed by atoms with Gasteiger partial charge < -0.3 is 4.74 Å². The van der Waals surface area contributed by atoms with Crippen LogP contribution in [0.15, 0.2) is 59.5 Å². The number of benzene rings is 2. The predicted octanol–water partition coefficient (Wildman–Crippen LogP) is 3.77. The first kappa shape index (κ1) is 18.3. The van der Waals surface area contributed by atoms with Gasteiger partial charge in [0.25, 0.3) is 11.8 Å². The summed E-state index contributed by atoms with van der Waals surface area (Å²) in [5.74, 6) is 1.15. The van der Waals surface area contributed by atoms with E-state index in [1.807, 2.05) is 61.5 Å². The maximum absolute atomic E-state index is 12.9. The van der Waals surface area contributed by atoms with Crippen LogP contribution in [0.4, 0.5) is 0 Å². The van der Waals surface area contributed by atoms with E-state index in [0.717, 1.165) is 22.6 Å². The highest BCUT2D eigenvalue weighted by atomic mass is 32.2. The molecule has 1 heterocycles. The molecule has 2 amide bonds. The molecule has 2 aromatic rings. The normalized spacial score (nSPS) is 14.3. The van der Waals surface area contributed by atoms with E-state index in [9.17, 15) is 9.59 Å². The first-order valence-corrected chi connectivity index (χ1v) is 9.56. The van der Waals surface area contributed by atoms with Gasteiger partial charge in [0.05, 0.1) is 17.6 Å². The summed E-state index contributed by atoms with van der Waals surface area (Å²) in [6, 6.07) is 17.1. The molecule has 5 heteroatoms. The van der Waals surface area contributed by atoms with Gasteiger partial charge in [-0.25, -0.2) is 0 Å². The molecular formula is C21H21NO3S. The average Bonchev–Trinajstić information content (AvgIpc) is 2.91. The molecule has 26 heavy (non-hydrogen) atoms. The SMILES string of the molecule is CCSC1=C(c2ccccc2)C(=O)N(CCc2ccc(OC)cc2)C1=O. The molecule has 0 unspecified atom stereocenters. The summed E-state index contributed by atoms with van der Waals surface area (Å²) >= 11 is 1.44. The largest absolute Gasteiger partial charge is 0.497 e. The lowest BCUT2D eigenvalue weighted by atomic mass is 10.1. The molecule has 134 valence electrons. The third kappa shape index (κ3) is 3.68. The minimum Gasteiger partial charge on any atom is -0.497 e. The summed E-state index contributed by atoms with van der Waals surface area (Å²) in [4.78, 5) is 27.7. The molecule has 0 spiro atoms. The summed E-state index contributed by atoms with van der Waals surface area (Å²) in [7, 11) is 1.63. The Bertz CT molecular complexity index is 828. The fourth-order valence-electron chi connectivity index (χ4n) is 2.93. The van der Waals surface area contributed by atoms with Crippen molar-refractivity contribution in [3.63, 3.8) is 0 Å². The molecule has 0 aromatic heterocycles. The third-order valence-corrected chi connectivity index (χ3v) is 5.22. The number of imide groups is 1. The maximum Gasteiger partial charge on any atom is 0.267 e. The number of methoxy groups -OCH3 is 1. The number of amides is 2. The molecular weight excluding hydrogens is 346 g/mol. The Morgan fingerprint density at radius 3 is 2.27 bits per heavy atom. The molecule has 0 radical (unpaired) electrons. The van der Waals surface area contributed by atoms with Crippen LogP contribution in [0.5, 0.6) is 5.75 Å². The quantitative estimate of drug-likeness (QED) is 0.699. The van der Waals surface area contributed by atoms with Gasteiger partial charge in [-0.2, -0.15) is 0 Å². The molecule has 0 atom stereocenters. The van der Waals surface area contributed by atoms with E-state index >= 15 is 0 Å². The summed E-state index contributed by atoms with van der Waals surface area (Å²) in [6.07, 6.45) is 0.619. The second-order valence-electron chi connectivity index (χ2n) is 5.86. The van der Waals surface area contributed by atoms with Crippen LogP contribution in [0.2, 0.25) is 0 Å². The Labute approximate surface area is 157 Å². The Morgan fingerprint density at radius 1 is 0.962 bits per heavy atom. The second-order valence-corrected chi connectivity index (χ2v) is 7.14. The van der Waals surface area contributed by atoms with Crippen LogP contribution in [0.3, 0.4) is 0 Å². The number of thioether (sulfide) groups is 1. The van der Waals surface area contributed by atoms with Crippen molar-refractivity contribution in [2.24, 2.45) is 0 Å². The van der Waals surface area contributed by atoms with Crippen LogP contribution < -0.4 is 4.74 Å². The third-order valence-electron chi connectivity index (χ3n) is 4.26. The van der Waals surface area contributed by atoms with E-state index in [2.05, 4.69) is 0 Å². The minimum atomic E-state index is -0.203. The molecule has 0 aliphatic carbocycles. The summed E-state index contributed by atoms with van der Waals surface area (Å²) < 4.78 is 5.16. The standard InChI is InChI=1S/C21H21NO3S/c1-3-26-19-18(16-7-5-4-6-8-16)20(23)22(21(19)24)14-13-15-9-11-17(25-2)12-10-15/h4-12H,3,13-14H2,1-2H3. The molecule has 0 N–H and O–H groups in total. The van der Waals surface area contributed by atoms with Crippen molar-refractivity contribution in [3.05, 3.63) is 70.6 Å². The molecule has 1 aliphatic heterocycles. The van der Waals surface area contributed by atoms with Gasteiger partial charge in [0.1, 0.15) is 5.75 Å². The summed E-state index contributed by atoms with van der Waals surface area (Å²) in [5, 5.41) is 0. The van der Waals surface area contributed by atoms with Crippen molar-refractivity contribution in [2.45, 2.75) is 13.3 Å². The van der Waals surface area contributed by atoms with Gasteiger partial charge >= 0.3 is 0 Å². The summed E-state index contributed by atoms with van der Waals surface area (Å²) in [6.45, 7) is 2.35. The highest BCUT2D eigenvalue weighted by Gasteiger charge is 2.38. The number of hydrogen-bond acceptors (Lipinski definition) is 4. The molecule has 1 aliphatic rings. The predicted molar refractivity (Wildman–Crippen MR) is 105 cm³/mol. The van der Waals surface area contributed by atoms with Crippen molar-refractivity contribution in [1.29, 1.82) is 0 Å². The Morgan fingerprint density at radius 2 is 1.65 bits per heavy atom. The Kier molecular flexibility index (Phi) is 5.78. The first-order chi connectivity index (χ1) is 12.7. The lowest BCUT2D eigenvalue weighted by molar-refractivity contribution is -0.136. The zero-order valence-corrected chi connectivity index (χ0v) is 15.7. The molecule has 0 saturated carbocycles. The van der Waals surface area contributed by atoms with E-state index in [-0.39, 0.29) is 11.8 Å². The summed E-state index contributed by atoms with van der Waals surface area (Å²) in [5.41, 5.74) is 2.38. The molecule has 0 fully saturated rings. The Hall–Kier alpha value is -2.53. The molecule has 4 nitrogen and oxygen atoms in total. The van der Waals surface area contributed by atoms with Crippen molar-refractivity contribution >= 4 is 29.1 Å². The van der Waals surface area contributed by atoms with Crippen LogP contribution in [0.25, 0.3) is 5.57 Å². The van der Waals surface area contributed by atoms with Crippen molar-refractivity contribution in [1.82, 2.24) is 4.90 Å². The van der Waals surface area contributed by atoms with Gasteiger partial charge in [0.15, 0.2) is 0 Å². The van der Waals surface area contributed by atoms with E-state index in [1.165, 1.54) is 16.7 Å². The number of carbonyl (C=O) groups is 2. The minimum absolute atomic E-state index is 0.186. The fraction of sp³-hybridized carbons (Fsp3) is 0.238. The highest BCUT2D eigenvalue weighted by Crippen LogP contribution is 2.35. The van der Waals surface area contributed by atoms with Gasteiger partial charge in [0, 0.05) is 6.54 Å². The van der Waals surface area contributed by atoms with E-state index in [0.29, 0.717) is 23.4 Å². The molecule has 0 bridgehead atoms. The molecule has 2 aromatic carbocycles. The number of hydrogen-bond donors (Lipinski definition) is 0.